The number of nitrogens with one attached hydrogen (secondary N) is 2. The predicted molar refractivity (Wildman–Crippen MR) is 92.5 cm³/mol. The first-order valence-corrected chi connectivity index (χ1v) is 8.14. The fourth-order valence-electron chi connectivity index (χ4n) is 2.52. The van der Waals surface area contributed by atoms with Crippen LogP contribution >= 0.6 is 0 Å². The van der Waals surface area contributed by atoms with Gasteiger partial charge in [-0.2, -0.15) is 9.50 Å². The number of hydrogen-bond donors (Lipinski definition) is 2. The van der Waals surface area contributed by atoms with Gasteiger partial charge in [0, 0.05) is 18.2 Å². The van der Waals surface area contributed by atoms with Crippen LogP contribution in [0.15, 0.2) is 35.1 Å². The van der Waals surface area contributed by atoms with E-state index in [1.165, 1.54) is 4.52 Å². The SMILES string of the molecule is CCCc1cc(=O)n2[nH]c(NCc3ccccc3OCC)nc2n1. The number of rotatable bonds is 7. The Kier molecular flexibility index (Phi) is 4.79. The van der Waals surface area contributed by atoms with Crippen LogP contribution in [0.1, 0.15) is 31.5 Å². The maximum atomic E-state index is 12.1. The summed E-state index contributed by atoms with van der Waals surface area (Å²) in [5, 5.41) is 6.12. The summed E-state index contributed by atoms with van der Waals surface area (Å²) in [6, 6.07) is 9.37. The third-order valence-corrected chi connectivity index (χ3v) is 3.61. The number of aromatic nitrogens is 4. The summed E-state index contributed by atoms with van der Waals surface area (Å²) in [5.41, 5.74) is 1.63. The van der Waals surface area contributed by atoms with Crippen molar-refractivity contribution in [1.82, 2.24) is 19.6 Å². The number of aryl methyl sites for hydroxylation is 1. The Morgan fingerprint density at radius 3 is 2.88 bits per heavy atom. The van der Waals surface area contributed by atoms with E-state index in [1.54, 1.807) is 6.07 Å². The normalized spacial score (nSPS) is 10.9. The highest BCUT2D eigenvalue weighted by atomic mass is 16.5. The van der Waals surface area contributed by atoms with Gasteiger partial charge >= 0.3 is 0 Å². The minimum Gasteiger partial charge on any atom is -0.494 e. The van der Waals surface area contributed by atoms with E-state index in [0.717, 1.165) is 29.8 Å². The molecule has 0 atom stereocenters. The Morgan fingerprint density at radius 1 is 1.25 bits per heavy atom. The Morgan fingerprint density at radius 2 is 2.08 bits per heavy atom. The second-order valence-corrected chi connectivity index (χ2v) is 5.44. The highest BCUT2D eigenvalue weighted by Crippen LogP contribution is 2.18. The Balaban J connectivity index is 1.81. The largest absolute Gasteiger partial charge is 0.494 e. The molecule has 2 aromatic heterocycles. The van der Waals surface area contributed by atoms with E-state index in [-0.39, 0.29) is 5.56 Å². The van der Waals surface area contributed by atoms with Gasteiger partial charge in [0.25, 0.3) is 11.3 Å². The number of nitrogens with zero attached hydrogens (tertiary/aromatic N) is 3. The molecule has 0 saturated carbocycles. The summed E-state index contributed by atoms with van der Waals surface area (Å²) < 4.78 is 6.95. The number of hydrogen-bond acceptors (Lipinski definition) is 5. The average molecular weight is 327 g/mol. The van der Waals surface area contributed by atoms with E-state index in [4.69, 9.17) is 4.74 Å². The second kappa shape index (κ2) is 7.16. The number of aromatic amines is 1. The fraction of sp³-hybridized carbons (Fsp3) is 0.353. The van der Waals surface area contributed by atoms with E-state index in [1.807, 2.05) is 31.2 Å². The molecule has 24 heavy (non-hydrogen) atoms. The Labute approximate surface area is 139 Å². The van der Waals surface area contributed by atoms with Crippen LogP contribution < -0.4 is 15.6 Å². The van der Waals surface area contributed by atoms with Crippen LogP contribution in [0.4, 0.5) is 5.95 Å². The third kappa shape index (κ3) is 3.40. The highest BCUT2D eigenvalue weighted by Gasteiger charge is 2.08. The molecule has 2 heterocycles. The van der Waals surface area contributed by atoms with Crippen molar-refractivity contribution in [2.75, 3.05) is 11.9 Å². The van der Waals surface area contributed by atoms with E-state index >= 15 is 0 Å². The zero-order valence-corrected chi connectivity index (χ0v) is 13.9. The van der Waals surface area contributed by atoms with Gasteiger partial charge in [0.15, 0.2) is 0 Å². The van der Waals surface area contributed by atoms with Gasteiger partial charge in [0.2, 0.25) is 5.95 Å². The van der Waals surface area contributed by atoms with Crippen molar-refractivity contribution in [3.63, 3.8) is 0 Å². The lowest BCUT2D eigenvalue weighted by Crippen LogP contribution is -2.15. The molecule has 0 aliphatic carbocycles. The smallest absolute Gasteiger partial charge is 0.274 e. The average Bonchev–Trinajstić information content (AvgIpc) is 2.98. The third-order valence-electron chi connectivity index (χ3n) is 3.61. The molecule has 0 unspecified atom stereocenters. The first kappa shape index (κ1) is 16.0. The Hall–Kier alpha value is -2.83. The summed E-state index contributed by atoms with van der Waals surface area (Å²) in [4.78, 5) is 20.9. The van der Waals surface area contributed by atoms with Gasteiger partial charge in [-0.3, -0.25) is 9.89 Å². The van der Waals surface area contributed by atoms with Crippen molar-refractivity contribution in [1.29, 1.82) is 0 Å². The van der Waals surface area contributed by atoms with Crippen molar-refractivity contribution in [2.24, 2.45) is 0 Å². The van der Waals surface area contributed by atoms with E-state index in [9.17, 15) is 4.79 Å². The lowest BCUT2D eigenvalue weighted by molar-refractivity contribution is 0.337. The zero-order valence-electron chi connectivity index (χ0n) is 13.9. The topological polar surface area (TPSA) is 84.3 Å². The molecular formula is C17H21N5O2. The maximum Gasteiger partial charge on any atom is 0.274 e. The number of H-pyrrole nitrogens is 1. The molecule has 7 nitrogen and oxygen atoms in total. The minimum atomic E-state index is -0.154. The zero-order chi connectivity index (χ0) is 16.9. The summed E-state index contributed by atoms with van der Waals surface area (Å²) in [5.74, 6) is 1.72. The van der Waals surface area contributed by atoms with Gasteiger partial charge in [-0.25, -0.2) is 4.98 Å². The number of benzene rings is 1. The van der Waals surface area contributed by atoms with Crippen molar-refractivity contribution in [3.8, 4) is 5.75 Å². The summed E-state index contributed by atoms with van der Waals surface area (Å²) >= 11 is 0. The van der Waals surface area contributed by atoms with Crippen LogP contribution in [0.3, 0.4) is 0 Å². The summed E-state index contributed by atoms with van der Waals surface area (Å²) in [6.45, 7) is 5.15. The van der Waals surface area contributed by atoms with Crippen molar-refractivity contribution in [3.05, 3.63) is 51.9 Å². The van der Waals surface area contributed by atoms with Crippen molar-refractivity contribution < 1.29 is 4.74 Å². The van der Waals surface area contributed by atoms with Gasteiger partial charge in [-0.05, 0) is 19.4 Å². The molecule has 0 aliphatic rings. The number of fused-ring (bicyclic) bond motifs is 1. The fourth-order valence-corrected chi connectivity index (χ4v) is 2.52. The molecule has 2 N–H and O–H groups in total. The van der Waals surface area contributed by atoms with Crippen LogP contribution in [-0.4, -0.2) is 26.2 Å². The van der Waals surface area contributed by atoms with Gasteiger partial charge in [0.1, 0.15) is 5.75 Å². The lowest BCUT2D eigenvalue weighted by atomic mass is 10.2. The first-order valence-electron chi connectivity index (χ1n) is 8.14. The summed E-state index contributed by atoms with van der Waals surface area (Å²) in [6.07, 6.45) is 1.70. The van der Waals surface area contributed by atoms with Crippen LogP contribution in [0, 0.1) is 0 Å². The molecule has 126 valence electrons. The molecule has 7 heteroatoms. The molecule has 0 spiro atoms. The van der Waals surface area contributed by atoms with E-state index < -0.39 is 0 Å². The molecular weight excluding hydrogens is 306 g/mol. The molecule has 0 radical (unpaired) electrons. The molecule has 3 rings (SSSR count). The quantitative estimate of drug-likeness (QED) is 0.696. The van der Waals surface area contributed by atoms with Crippen molar-refractivity contribution in [2.45, 2.75) is 33.2 Å². The summed E-state index contributed by atoms with van der Waals surface area (Å²) in [7, 11) is 0. The predicted octanol–water partition coefficient (Wildman–Crippen LogP) is 2.38. The van der Waals surface area contributed by atoms with Crippen LogP contribution in [0.5, 0.6) is 5.75 Å². The van der Waals surface area contributed by atoms with Crippen LogP contribution in [-0.2, 0) is 13.0 Å². The number of anilines is 1. The van der Waals surface area contributed by atoms with Gasteiger partial charge in [0.05, 0.1) is 12.3 Å². The Bertz CT molecular complexity index is 884. The standard InChI is InChI=1S/C17H21N5O2/c1-3-7-13-10-15(23)22-17(19-13)20-16(21-22)18-11-12-8-5-6-9-14(12)24-4-2/h5-6,8-10H,3-4,7,11H2,1-2H3,(H2,18,19,20,21). The number of ether oxygens (including phenoxy) is 1. The minimum absolute atomic E-state index is 0.154. The molecule has 0 saturated heterocycles. The molecule has 3 aromatic rings. The van der Waals surface area contributed by atoms with Gasteiger partial charge < -0.3 is 10.1 Å². The molecule has 0 aliphatic heterocycles. The second-order valence-electron chi connectivity index (χ2n) is 5.44. The van der Waals surface area contributed by atoms with E-state index in [2.05, 4.69) is 27.3 Å². The maximum absolute atomic E-state index is 12.1. The van der Waals surface area contributed by atoms with Gasteiger partial charge in [-0.1, -0.05) is 31.5 Å². The van der Waals surface area contributed by atoms with Crippen molar-refractivity contribution >= 4 is 11.7 Å². The monoisotopic (exact) mass is 327 g/mol. The lowest BCUT2D eigenvalue weighted by Gasteiger charge is -2.09. The van der Waals surface area contributed by atoms with Crippen LogP contribution in [0.25, 0.3) is 5.78 Å². The van der Waals surface area contributed by atoms with Gasteiger partial charge in [-0.15, -0.1) is 0 Å². The van der Waals surface area contributed by atoms with E-state index in [0.29, 0.717) is 24.9 Å². The van der Waals surface area contributed by atoms with Crippen LogP contribution in [0.2, 0.25) is 0 Å². The molecule has 1 aromatic carbocycles. The first-order chi connectivity index (χ1) is 11.7. The number of para-hydroxylation sites is 1. The highest BCUT2D eigenvalue weighted by molar-refractivity contribution is 5.40. The molecule has 0 fully saturated rings. The molecule has 0 amide bonds. The molecule has 0 bridgehead atoms.